The largest absolute Gasteiger partial charge is 0.469 e. The highest BCUT2D eigenvalue weighted by atomic mass is 35.5. The van der Waals surface area contributed by atoms with Gasteiger partial charge >= 0.3 is 11.9 Å². The molecule has 0 aromatic rings. The minimum absolute atomic E-state index is 0.172. The summed E-state index contributed by atoms with van der Waals surface area (Å²) >= 11 is 12.9. The van der Waals surface area contributed by atoms with Gasteiger partial charge in [-0.25, -0.2) is 0 Å². The molecule has 0 spiro atoms. The van der Waals surface area contributed by atoms with Crippen LogP contribution in [-0.2, 0) is 19.1 Å². The Bertz CT molecular complexity index is 485. The lowest BCUT2D eigenvalue weighted by atomic mass is 9.72. The fraction of sp³-hybridized carbons (Fsp3) is 0.905. The number of hydrogen-bond acceptors (Lipinski definition) is 4. The first kappa shape index (κ1) is 24.6. The molecule has 0 bridgehead atoms. The van der Waals surface area contributed by atoms with Gasteiger partial charge in [0, 0.05) is 9.75 Å². The summed E-state index contributed by atoms with van der Waals surface area (Å²) in [5.74, 6) is -0.963. The molecule has 0 aromatic heterocycles. The molecule has 4 atom stereocenters. The van der Waals surface area contributed by atoms with Crippen molar-refractivity contribution in [2.24, 2.45) is 17.8 Å². The van der Waals surface area contributed by atoms with Crippen molar-refractivity contribution in [1.29, 1.82) is 0 Å². The summed E-state index contributed by atoms with van der Waals surface area (Å²) in [5.41, 5.74) is 0. The van der Waals surface area contributed by atoms with Crippen molar-refractivity contribution in [3.05, 3.63) is 0 Å². The first-order valence-electron chi connectivity index (χ1n) is 10.0. The van der Waals surface area contributed by atoms with Gasteiger partial charge in [-0.2, -0.15) is 0 Å². The molecule has 158 valence electrons. The Hall–Kier alpha value is -0.480. The van der Waals surface area contributed by atoms with E-state index in [1.54, 1.807) is 0 Å². The van der Waals surface area contributed by atoms with Crippen LogP contribution < -0.4 is 0 Å². The smallest absolute Gasteiger partial charge is 0.309 e. The lowest BCUT2D eigenvalue weighted by Gasteiger charge is -2.33. The van der Waals surface area contributed by atoms with Crippen LogP contribution in [0.4, 0.5) is 0 Å². The highest BCUT2D eigenvalue weighted by Crippen LogP contribution is 2.39. The summed E-state index contributed by atoms with van der Waals surface area (Å²) in [4.78, 5) is 23.7. The zero-order valence-corrected chi connectivity index (χ0v) is 19.0. The zero-order chi connectivity index (χ0) is 20.7. The number of carbonyl (C=O) groups is 2. The van der Waals surface area contributed by atoms with Crippen molar-refractivity contribution in [2.75, 3.05) is 14.2 Å². The van der Waals surface area contributed by atoms with Gasteiger partial charge in [0.1, 0.15) is 0 Å². The van der Waals surface area contributed by atoms with E-state index in [0.717, 1.165) is 44.9 Å². The van der Waals surface area contributed by atoms with Crippen LogP contribution in [-0.4, -0.2) is 35.9 Å². The van der Waals surface area contributed by atoms with Gasteiger partial charge in [0.25, 0.3) is 0 Å². The molecule has 1 fully saturated rings. The second-order valence-corrected chi connectivity index (χ2v) is 10.8. The third kappa shape index (κ3) is 9.04. The second-order valence-electron chi connectivity index (χ2n) is 8.82. The van der Waals surface area contributed by atoms with Gasteiger partial charge in [-0.1, -0.05) is 12.8 Å². The maximum Gasteiger partial charge on any atom is 0.309 e. The molecular formula is C21H36Cl2O4. The van der Waals surface area contributed by atoms with E-state index in [0.29, 0.717) is 18.8 Å². The molecule has 1 rings (SSSR count). The summed E-state index contributed by atoms with van der Waals surface area (Å²) in [6, 6.07) is 0. The van der Waals surface area contributed by atoms with E-state index < -0.39 is 5.92 Å². The van der Waals surface area contributed by atoms with Gasteiger partial charge in [0.2, 0.25) is 0 Å². The number of carbonyl (C=O) groups excluding carboxylic acids is 2. The van der Waals surface area contributed by atoms with Crippen molar-refractivity contribution >= 4 is 35.1 Å². The van der Waals surface area contributed by atoms with E-state index in [1.165, 1.54) is 14.2 Å². The summed E-state index contributed by atoms with van der Waals surface area (Å²) < 4.78 is 9.78. The van der Waals surface area contributed by atoms with Gasteiger partial charge in [0.15, 0.2) is 0 Å². The Balaban J connectivity index is 2.46. The standard InChI is InChI=1S/C21H36Cl2O4/c1-20(2,22)11-7-13-21(3,23)12-6-8-15-9-10-16(18(24)26-4)17(14-15)19(25)27-5/h15-17H,6-14H2,1-5H3. The fourth-order valence-electron chi connectivity index (χ4n) is 4.13. The summed E-state index contributed by atoms with van der Waals surface area (Å²) in [6.45, 7) is 6.16. The van der Waals surface area contributed by atoms with E-state index >= 15 is 0 Å². The summed E-state index contributed by atoms with van der Waals surface area (Å²) in [5, 5.41) is 0. The second kappa shape index (κ2) is 10.9. The van der Waals surface area contributed by atoms with Crippen LogP contribution in [0.3, 0.4) is 0 Å². The Labute approximate surface area is 174 Å². The molecule has 0 amide bonds. The van der Waals surface area contributed by atoms with Crippen molar-refractivity contribution in [3.63, 3.8) is 0 Å². The van der Waals surface area contributed by atoms with Gasteiger partial charge in [-0.05, 0) is 71.6 Å². The SMILES string of the molecule is COC(=O)C1CCC(CCCC(C)(Cl)CCCC(C)(C)Cl)CC1C(=O)OC. The molecule has 0 aliphatic heterocycles. The molecule has 0 N–H and O–H groups in total. The molecular weight excluding hydrogens is 387 g/mol. The topological polar surface area (TPSA) is 52.6 Å². The number of alkyl halides is 2. The molecule has 1 saturated carbocycles. The van der Waals surface area contributed by atoms with Crippen LogP contribution in [0.1, 0.15) is 78.6 Å². The van der Waals surface area contributed by atoms with Gasteiger partial charge in [-0.3, -0.25) is 9.59 Å². The quantitative estimate of drug-likeness (QED) is 0.333. The molecule has 1 aliphatic rings. The van der Waals surface area contributed by atoms with Gasteiger partial charge in [-0.15, -0.1) is 23.2 Å². The molecule has 1 aliphatic carbocycles. The number of esters is 2. The summed E-state index contributed by atoms with van der Waals surface area (Å²) in [6.07, 6.45) is 8.21. The first-order valence-corrected chi connectivity index (χ1v) is 10.8. The van der Waals surface area contributed by atoms with E-state index in [1.807, 2.05) is 13.8 Å². The Kier molecular flexibility index (Phi) is 9.91. The van der Waals surface area contributed by atoms with Crippen molar-refractivity contribution in [1.82, 2.24) is 0 Å². The van der Waals surface area contributed by atoms with Crippen molar-refractivity contribution in [3.8, 4) is 0 Å². The Morgan fingerprint density at radius 1 is 0.889 bits per heavy atom. The van der Waals surface area contributed by atoms with E-state index in [9.17, 15) is 9.59 Å². The lowest BCUT2D eigenvalue weighted by molar-refractivity contribution is -0.160. The number of halogens is 2. The highest BCUT2D eigenvalue weighted by Gasteiger charge is 2.40. The molecule has 0 radical (unpaired) electrons. The van der Waals surface area contributed by atoms with Crippen LogP contribution >= 0.6 is 23.2 Å². The molecule has 4 unspecified atom stereocenters. The monoisotopic (exact) mass is 422 g/mol. The maximum absolute atomic E-state index is 12.1. The van der Waals surface area contributed by atoms with Gasteiger partial charge < -0.3 is 9.47 Å². The molecule has 4 nitrogen and oxygen atoms in total. The predicted octanol–water partition coefficient (Wildman–Crippen LogP) is 5.72. The van der Waals surface area contributed by atoms with E-state index in [4.69, 9.17) is 32.7 Å². The number of ether oxygens (including phenoxy) is 2. The van der Waals surface area contributed by atoms with Crippen LogP contribution in [0, 0.1) is 17.8 Å². The normalized spacial score (nSPS) is 25.5. The predicted molar refractivity (Wildman–Crippen MR) is 110 cm³/mol. The molecule has 0 saturated heterocycles. The third-order valence-electron chi connectivity index (χ3n) is 5.75. The number of methoxy groups -OCH3 is 2. The van der Waals surface area contributed by atoms with Crippen LogP contribution in [0.25, 0.3) is 0 Å². The maximum atomic E-state index is 12.1. The average molecular weight is 423 g/mol. The first-order chi connectivity index (χ1) is 12.5. The van der Waals surface area contributed by atoms with Crippen molar-refractivity contribution in [2.45, 2.75) is 88.3 Å². The minimum Gasteiger partial charge on any atom is -0.469 e. The average Bonchev–Trinajstić information content (AvgIpc) is 2.58. The number of rotatable bonds is 10. The molecule has 0 aromatic carbocycles. The minimum atomic E-state index is -0.394. The van der Waals surface area contributed by atoms with E-state index in [-0.39, 0.29) is 27.6 Å². The third-order valence-corrected chi connectivity index (χ3v) is 6.31. The zero-order valence-electron chi connectivity index (χ0n) is 17.5. The van der Waals surface area contributed by atoms with Crippen LogP contribution in [0.15, 0.2) is 0 Å². The lowest BCUT2D eigenvalue weighted by Crippen LogP contribution is -2.37. The molecule has 6 heteroatoms. The highest BCUT2D eigenvalue weighted by molar-refractivity contribution is 6.24. The molecule has 27 heavy (non-hydrogen) atoms. The Morgan fingerprint density at radius 3 is 2.00 bits per heavy atom. The van der Waals surface area contributed by atoms with Crippen LogP contribution in [0.2, 0.25) is 0 Å². The van der Waals surface area contributed by atoms with Gasteiger partial charge in [0.05, 0.1) is 26.1 Å². The van der Waals surface area contributed by atoms with E-state index in [2.05, 4.69) is 6.92 Å². The molecule has 0 heterocycles. The fourth-order valence-corrected chi connectivity index (χ4v) is 4.53. The number of hydrogen-bond donors (Lipinski definition) is 0. The van der Waals surface area contributed by atoms with Crippen molar-refractivity contribution < 1.29 is 19.1 Å². The Morgan fingerprint density at radius 2 is 1.44 bits per heavy atom. The summed E-state index contributed by atoms with van der Waals surface area (Å²) in [7, 11) is 2.75. The van der Waals surface area contributed by atoms with Crippen LogP contribution in [0.5, 0.6) is 0 Å².